The Hall–Kier alpha value is -1.24. The van der Waals surface area contributed by atoms with Gasteiger partial charge in [-0.25, -0.2) is 9.97 Å². The summed E-state index contributed by atoms with van der Waals surface area (Å²) in [5.41, 5.74) is 0.903. The molecule has 0 aromatic carbocycles. The molecule has 1 aromatic heterocycles. The summed E-state index contributed by atoms with van der Waals surface area (Å²) in [6, 6.07) is 2.01. The molecule has 2 fully saturated rings. The van der Waals surface area contributed by atoms with Gasteiger partial charge in [-0.3, -0.25) is 0 Å². The third-order valence-corrected chi connectivity index (χ3v) is 4.92. The van der Waals surface area contributed by atoms with Crippen molar-refractivity contribution in [1.82, 2.24) is 14.9 Å². The monoisotopic (exact) mass is 320 g/mol. The highest BCUT2D eigenvalue weighted by molar-refractivity contribution is 5.39. The highest BCUT2D eigenvalue weighted by atomic mass is 16.5. The summed E-state index contributed by atoms with van der Waals surface area (Å²) in [5, 5.41) is 9.68. The molecule has 0 amide bonds. The Kier molecular flexibility index (Phi) is 5.80. The van der Waals surface area contributed by atoms with E-state index in [-0.39, 0.29) is 6.61 Å². The third kappa shape index (κ3) is 4.40. The second-order valence-electron chi connectivity index (χ2n) is 6.86. The van der Waals surface area contributed by atoms with Gasteiger partial charge >= 0.3 is 0 Å². The van der Waals surface area contributed by atoms with E-state index in [0.29, 0.717) is 18.4 Å². The molecule has 2 aliphatic heterocycles. The topological polar surface area (TPSA) is 61.7 Å². The van der Waals surface area contributed by atoms with Crippen LogP contribution in [0.5, 0.6) is 0 Å². The number of methoxy groups -OCH3 is 1. The molecule has 0 bridgehead atoms. The average Bonchev–Trinajstić information content (AvgIpc) is 3.08. The first-order valence-corrected chi connectivity index (χ1v) is 8.66. The van der Waals surface area contributed by atoms with Gasteiger partial charge in [0.25, 0.3) is 0 Å². The second-order valence-corrected chi connectivity index (χ2v) is 6.86. The van der Waals surface area contributed by atoms with Gasteiger partial charge in [-0.1, -0.05) is 0 Å². The number of aliphatic hydroxyl groups excluding tert-OH is 1. The molecule has 6 nitrogen and oxygen atoms in total. The second kappa shape index (κ2) is 8.04. The number of likely N-dealkylation sites (tertiary alicyclic amines) is 1. The fourth-order valence-corrected chi connectivity index (χ4v) is 3.89. The van der Waals surface area contributed by atoms with Gasteiger partial charge in [-0.05, 0) is 44.2 Å². The maximum Gasteiger partial charge on any atom is 0.132 e. The van der Waals surface area contributed by atoms with Crippen LogP contribution in [-0.4, -0.2) is 66.4 Å². The lowest BCUT2D eigenvalue weighted by Crippen LogP contribution is -2.45. The molecule has 23 heavy (non-hydrogen) atoms. The van der Waals surface area contributed by atoms with Crippen molar-refractivity contribution in [2.45, 2.75) is 25.9 Å². The minimum atomic E-state index is 0.253. The Bertz CT molecular complexity index is 493. The molecule has 3 rings (SSSR count). The Balaban J connectivity index is 1.68. The first-order valence-electron chi connectivity index (χ1n) is 8.66. The SMILES string of the molecule is COCc1cc(N2CC(CO)CC(CN3CCCC3)C2)ncn1. The molecule has 0 aliphatic carbocycles. The van der Waals surface area contributed by atoms with Crippen LogP contribution in [-0.2, 0) is 11.3 Å². The molecule has 3 heterocycles. The predicted molar refractivity (Wildman–Crippen MR) is 89.3 cm³/mol. The van der Waals surface area contributed by atoms with Gasteiger partial charge in [0, 0.05) is 39.4 Å². The van der Waals surface area contributed by atoms with E-state index in [1.54, 1.807) is 13.4 Å². The molecule has 0 spiro atoms. The zero-order chi connectivity index (χ0) is 16.1. The highest BCUT2D eigenvalue weighted by Gasteiger charge is 2.29. The maximum absolute atomic E-state index is 9.68. The zero-order valence-corrected chi connectivity index (χ0v) is 14.0. The molecule has 2 unspecified atom stereocenters. The smallest absolute Gasteiger partial charge is 0.132 e. The van der Waals surface area contributed by atoms with Gasteiger partial charge in [-0.15, -0.1) is 0 Å². The van der Waals surface area contributed by atoms with E-state index < -0.39 is 0 Å². The zero-order valence-electron chi connectivity index (χ0n) is 14.0. The van der Waals surface area contributed by atoms with Crippen molar-refractivity contribution in [2.24, 2.45) is 11.8 Å². The number of nitrogens with zero attached hydrogens (tertiary/aromatic N) is 4. The van der Waals surface area contributed by atoms with Crippen molar-refractivity contribution >= 4 is 5.82 Å². The van der Waals surface area contributed by atoms with Crippen molar-refractivity contribution in [3.63, 3.8) is 0 Å². The minimum absolute atomic E-state index is 0.253. The van der Waals surface area contributed by atoms with Gasteiger partial charge in [0.05, 0.1) is 12.3 Å². The van der Waals surface area contributed by atoms with Crippen LogP contribution in [0.3, 0.4) is 0 Å². The summed E-state index contributed by atoms with van der Waals surface area (Å²) in [7, 11) is 1.68. The molecule has 2 saturated heterocycles. The fourth-order valence-electron chi connectivity index (χ4n) is 3.89. The van der Waals surface area contributed by atoms with Gasteiger partial charge < -0.3 is 19.6 Å². The third-order valence-electron chi connectivity index (χ3n) is 4.92. The Morgan fingerprint density at radius 3 is 2.74 bits per heavy atom. The van der Waals surface area contributed by atoms with E-state index in [9.17, 15) is 5.11 Å². The van der Waals surface area contributed by atoms with Crippen molar-refractivity contribution in [2.75, 3.05) is 51.3 Å². The molecule has 128 valence electrons. The summed E-state index contributed by atoms with van der Waals surface area (Å²) >= 11 is 0. The number of piperidine rings is 1. The average molecular weight is 320 g/mol. The minimum Gasteiger partial charge on any atom is -0.396 e. The number of aromatic nitrogens is 2. The fraction of sp³-hybridized carbons (Fsp3) is 0.765. The van der Waals surface area contributed by atoms with Crippen LogP contribution in [0.15, 0.2) is 12.4 Å². The Morgan fingerprint density at radius 2 is 2.00 bits per heavy atom. The van der Waals surface area contributed by atoms with Crippen LogP contribution in [0.25, 0.3) is 0 Å². The van der Waals surface area contributed by atoms with E-state index in [0.717, 1.165) is 37.6 Å². The van der Waals surface area contributed by atoms with Crippen LogP contribution in [0.4, 0.5) is 5.82 Å². The molecule has 1 aromatic rings. The summed E-state index contributed by atoms with van der Waals surface area (Å²) in [4.78, 5) is 13.6. The molecule has 6 heteroatoms. The Labute approximate surface area is 138 Å². The molecule has 2 aliphatic rings. The van der Waals surface area contributed by atoms with E-state index in [1.165, 1.54) is 25.9 Å². The molecule has 0 radical (unpaired) electrons. The maximum atomic E-state index is 9.68. The summed E-state index contributed by atoms with van der Waals surface area (Å²) < 4.78 is 5.17. The van der Waals surface area contributed by atoms with Crippen LogP contribution in [0.2, 0.25) is 0 Å². The summed E-state index contributed by atoms with van der Waals surface area (Å²) in [5.74, 6) is 1.88. The number of aliphatic hydroxyl groups is 1. The largest absolute Gasteiger partial charge is 0.396 e. The standard InChI is InChI=1S/C17H28N4O2/c1-23-12-16-7-17(19-13-18-16)21-9-14(6-15(10-21)11-22)8-20-4-2-3-5-20/h7,13-15,22H,2-6,8-12H2,1H3. The van der Waals surface area contributed by atoms with E-state index in [1.807, 2.05) is 6.07 Å². The van der Waals surface area contributed by atoms with Crippen LogP contribution in [0.1, 0.15) is 25.0 Å². The van der Waals surface area contributed by atoms with Gasteiger partial charge in [0.1, 0.15) is 12.1 Å². The van der Waals surface area contributed by atoms with Gasteiger partial charge in [0.2, 0.25) is 0 Å². The normalized spacial score (nSPS) is 25.9. The quantitative estimate of drug-likeness (QED) is 0.848. The van der Waals surface area contributed by atoms with Gasteiger partial charge in [-0.2, -0.15) is 0 Å². The number of hydrogen-bond acceptors (Lipinski definition) is 6. The lowest BCUT2D eigenvalue weighted by Gasteiger charge is -2.39. The van der Waals surface area contributed by atoms with Crippen LogP contribution >= 0.6 is 0 Å². The lowest BCUT2D eigenvalue weighted by molar-refractivity contribution is 0.163. The molecule has 2 atom stereocenters. The molecular formula is C17H28N4O2. The number of anilines is 1. The number of rotatable bonds is 6. The van der Waals surface area contributed by atoms with Crippen molar-refractivity contribution < 1.29 is 9.84 Å². The summed E-state index contributed by atoms with van der Waals surface area (Å²) in [6.07, 6.45) is 5.37. The first-order chi connectivity index (χ1) is 11.3. The van der Waals surface area contributed by atoms with Crippen molar-refractivity contribution in [1.29, 1.82) is 0 Å². The van der Waals surface area contributed by atoms with Crippen LogP contribution in [0, 0.1) is 11.8 Å². The van der Waals surface area contributed by atoms with Crippen LogP contribution < -0.4 is 4.90 Å². The Morgan fingerprint density at radius 1 is 1.22 bits per heavy atom. The van der Waals surface area contributed by atoms with Gasteiger partial charge in [0.15, 0.2) is 0 Å². The highest BCUT2D eigenvalue weighted by Crippen LogP contribution is 2.27. The number of hydrogen-bond donors (Lipinski definition) is 1. The van der Waals surface area contributed by atoms with E-state index in [2.05, 4.69) is 19.8 Å². The first kappa shape index (κ1) is 16.6. The predicted octanol–water partition coefficient (Wildman–Crippen LogP) is 1.15. The summed E-state index contributed by atoms with van der Waals surface area (Å²) in [6.45, 7) is 6.24. The van der Waals surface area contributed by atoms with Crippen molar-refractivity contribution in [3.05, 3.63) is 18.1 Å². The van der Waals surface area contributed by atoms with Crippen molar-refractivity contribution in [3.8, 4) is 0 Å². The lowest BCUT2D eigenvalue weighted by atomic mass is 9.89. The molecule has 1 N–H and O–H groups in total. The molecular weight excluding hydrogens is 292 g/mol. The molecule has 0 saturated carbocycles. The number of ether oxygens (including phenoxy) is 1. The van der Waals surface area contributed by atoms with E-state index >= 15 is 0 Å². The van der Waals surface area contributed by atoms with E-state index in [4.69, 9.17) is 4.74 Å².